The van der Waals surface area contributed by atoms with Crippen molar-refractivity contribution in [1.82, 2.24) is 0 Å². The minimum atomic E-state index is -4.63. The Labute approximate surface area is 357 Å². The van der Waals surface area contributed by atoms with Crippen LogP contribution in [0.15, 0.2) is 36.5 Å². The van der Waals surface area contributed by atoms with E-state index >= 15 is 0 Å². The smallest absolute Gasteiger partial charge is 0.306 e. The molecule has 0 aliphatic carbocycles. The molecule has 1 unspecified atom stereocenters. The first kappa shape index (κ1) is 56.2. The van der Waals surface area contributed by atoms with Crippen LogP contribution < -0.4 is 4.89 Å². The molecule has 0 radical (unpaired) electrons. The van der Waals surface area contributed by atoms with Gasteiger partial charge in [-0.3, -0.25) is 14.2 Å². The van der Waals surface area contributed by atoms with E-state index in [1.807, 2.05) is 27.2 Å². The molecule has 0 heterocycles. The Bertz CT molecular complexity index is 1090. The predicted molar refractivity (Wildman–Crippen MR) is 241 cm³/mol. The molecular formula is C48H90NO8P. The summed E-state index contributed by atoms with van der Waals surface area (Å²) in [4.78, 5) is 37.6. The summed E-state index contributed by atoms with van der Waals surface area (Å²) in [5.74, 6) is -0.892. The molecule has 10 heteroatoms. The number of nitrogens with zero attached hydrogens (tertiary/aromatic N) is 1. The lowest BCUT2D eigenvalue weighted by Crippen LogP contribution is -2.37. The van der Waals surface area contributed by atoms with Crippen LogP contribution in [0.4, 0.5) is 0 Å². The standard InChI is InChI=1S/C48H90NO8P/c1-6-8-10-12-14-16-18-20-22-23-24-25-27-28-30-32-34-36-38-40-47(50)54-44-46(45-56-58(52,53)55-43-42-49(3,4)5)57-48(51)41-39-37-35-33-31-29-26-21-19-17-15-13-11-9-7-2/h14,16,20,22,35,37,46H,6-13,15,17-19,21,23-34,36,38-45H2,1-5H3/b16-14+,22-20+,37-35+/t46-/m1/s1. The van der Waals surface area contributed by atoms with Crippen molar-refractivity contribution < 1.29 is 42.1 Å². The van der Waals surface area contributed by atoms with Gasteiger partial charge in [0.1, 0.15) is 19.8 Å². The average molecular weight is 840 g/mol. The molecule has 340 valence electrons. The highest BCUT2D eigenvalue weighted by molar-refractivity contribution is 7.45. The van der Waals surface area contributed by atoms with Crippen molar-refractivity contribution in [1.29, 1.82) is 0 Å². The Morgan fingerprint density at radius 1 is 0.534 bits per heavy atom. The summed E-state index contributed by atoms with van der Waals surface area (Å²) < 4.78 is 33.9. The zero-order valence-electron chi connectivity index (χ0n) is 38.2. The summed E-state index contributed by atoms with van der Waals surface area (Å²) >= 11 is 0. The van der Waals surface area contributed by atoms with Crippen LogP contribution in [0.5, 0.6) is 0 Å². The van der Waals surface area contributed by atoms with Gasteiger partial charge in [0.15, 0.2) is 6.10 Å². The summed E-state index contributed by atoms with van der Waals surface area (Å²) in [5.41, 5.74) is 0. The largest absolute Gasteiger partial charge is 0.756 e. The molecule has 9 nitrogen and oxygen atoms in total. The molecule has 0 aromatic rings. The monoisotopic (exact) mass is 840 g/mol. The fraction of sp³-hybridized carbons (Fsp3) is 0.833. The molecule has 0 aromatic heterocycles. The van der Waals surface area contributed by atoms with E-state index in [0.717, 1.165) is 51.4 Å². The molecule has 0 N–H and O–H groups in total. The molecule has 0 fully saturated rings. The first-order chi connectivity index (χ1) is 28.0. The summed E-state index contributed by atoms with van der Waals surface area (Å²) in [7, 11) is 1.15. The maximum atomic E-state index is 12.7. The molecule has 0 spiro atoms. The van der Waals surface area contributed by atoms with E-state index in [2.05, 4.69) is 44.2 Å². The van der Waals surface area contributed by atoms with Gasteiger partial charge in [-0.1, -0.05) is 172 Å². The van der Waals surface area contributed by atoms with Crippen LogP contribution in [0.3, 0.4) is 0 Å². The lowest BCUT2D eigenvalue weighted by atomic mass is 10.1. The van der Waals surface area contributed by atoms with Gasteiger partial charge in [0, 0.05) is 12.8 Å². The van der Waals surface area contributed by atoms with Crippen LogP contribution in [0, 0.1) is 0 Å². The third kappa shape index (κ3) is 43.8. The zero-order valence-corrected chi connectivity index (χ0v) is 39.1. The molecular weight excluding hydrogens is 750 g/mol. The van der Waals surface area contributed by atoms with Gasteiger partial charge >= 0.3 is 11.9 Å². The molecule has 0 saturated carbocycles. The van der Waals surface area contributed by atoms with Crippen LogP contribution in [0.2, 0.25) is 0 Å². The average Bonchev–Trinajstić information content (AvgIpc) is 3.17. The number of hydrogen-bond acceptors (Lipinski definition) is 8. The number of hydrogen-bond donors (Lipinski definition) is 0. The number of phosphoric acid groups is 1. The van der Waals surface area contributed by atoms with E-state index in [1.165, 1.54) is 122 Å². The third-order valence-corrected chi connectivity index (χ3v) is 11.1. The van der Waals surface area contributed by atoms with Crippen LogP contribution in [-0.4, -0.2) is 70.0 Å². The van der Waals surface area contributed by atoms with Crippen molar-refractivity contribution in [3.8, 4) is 0 Å². The topological polar surface area (TPSA) is 111 Å². The Morgan fingerprint density at radius 2 is 0.966 bits per heavy atom. The number of likely N-dealkylation sites (N-methyl/N-ethyl adjacent to an activating group) is 1. The van der Waals surface area contributed by atoms with Gasteiger partial charge in [-0.25, -0.2) is 0 Å². The lowest BCUT2D eigenvalue weighted by Gasteiger charge is -2.28. The van der Waals surface area contributed by atoms with Crippen molar-refractivity contribution in [3.05, 3.63) is 36.5 Å². The number of unbranched alkanes of at least 4 members (excludes halogenated alkanes) is 23. The summed E-state index contributed by atoms with van der Waals surface area (Å²) in [6.07, 6.45) is 46.1. The highest BCUT2D eigenvalue weighted by Gasteiger charge is 2.21. The van der Waals surface area contributed by atoms with Gasteiger partial charge in [0.25, 0.3) is 7.82 Å². The van der Waals surface area contributed by atoms with Crippen LogP contribution in [0.25, 0.3) is 0 Å². The van der Waals surface area contributed by atoms with E-state index in [0.29, 0.717) is 17.4 Å². The lowest BCUT2D eigenvalue weighted by molar-refractivity contribution is -0.870. The fourth-order valence-corrected chi connectivity index (χ4v) is 7.14. The highest BCUT2D eigenvalue weighted by Crippen LogP contribution is 2.38. The van der Waals surface area contributed by atoms with Crippen LogP contribution >= 0.6 is 7.82 Å². The van der Waals surface area contributed by atoms with Gasteiger partial charge in [0.05, 0.1) is 27.7 Å². The second-order valence-electron chi connectivity index (χ2n) is 17.1. The van der Waals surface area contributed by atoms with Crippen LogP contribution in [-0.2, 0) is 32.7 Å². The molecule has 0 bridgehead atoms. The second-order valence-corrected chi connectivity index (χ2v) is 18.5. The minimum Gasteiger partial charge on any atom is -0.756 e. The molecule has 0 saturated heterocycles. The van der Waals surface area contributed by atoms with Gasteiger partial charge in [-0.05, 0) is 57.8 Å². The SMILES string of the molecule is CCCCC/C=C/C/C=C/CCCCCCCCCCCC(=O)OC[C@H](COP(=O)([O-])OCC[N+](C)(C)C)OC(=O)CC/C=C/CCCCCCCCCCCCC. The molecule has 0 aliphatic heterocycles. The number of rotatable bonds is 43. The number of quaternary nitrogens is 1. The van der Waals surface area contributed by atoms with E-state index in [-0.39, 0.29) is 26.1 Å². The predicted octanol–water partition coefficient (Wildman–Crippen LogP) is 13.1. The number of phosphoric ester groups is 1. The van der Waals surface area contributed by atoms with Gasteiger partial charge in [-0.15, -0.1) is 0 Å². The molecule has 0 aliphatic rings. The molecule has 0 aromatic carbocycles. The van der Waals surface area contributed by atoms with Crippen molar-refractivity contribution in [2.45, 2.75) is 213 Å². The van der Waals surface area contributed by atoms with Gasteiger partial charge in [0.2, 0.25) is 0 Å². The van der Waals surface area contributed by atoms with E-state index in [9.17, 15) is 19.0 Å². The normalized spacial score (nSPS) is 13.8. The third-order valence-electron chi connectivity index (χ3n) is 10.1. The second kappa shape index (κ2) is 40.6. The molecule has 2 atom stereocenters. The highest BCUT2D eigenvalue weighted by atomic mass is 31.2. The quantitative estimate of drug-likeness (QED) is 0.0196. The van der Waals surface area contributed by atoms with Crippen molar-refractivity contribution in [3.63, 3.8) is 0 Å². The van der Waals surface area contributed by atoms with Crippen molar-refractivity contribution >= 4 is 19.8 Å². The minimum absolute atomic E-state index is 0.0369. The molecule has 58 heavy (non-hydrogen) atoms. The number of ether oxygens (including phenoxy) is 2. The maximum Gasteiger partial charge on any atom is 0.306 e. The first-order valence-corrected chi connectivity index (χ1v) is 25.2. The number of carbonyl (C=O) groups excluding carboxylic acids is 2. The number of esters is 2. The van der Waals surface area contributed by atoms with Crippen molar-refractivity contribution in [2.24, 2.45) is 0 Å². The number of allylic oxidation sites excluding steroid dienone is 6. The van der Waals surface area contributed by atoms with Crippen molar-refractivity contribution in [2.75, 3.05) is 47.5 Å². The zero-order chi connectivity index (χ0) is 42.8. The fourth-order valence-electron chi connectivity index (χ4n) is 6.41. The Balaban J connectivity index is 4.33. The van der Waals surface area contributed by atoms with Crippen LogP contribution in [0.1, 0.15) is 206 Å². The Hall–Kier alpha value is -1.77. The maximum absolute atomic E-state index is 12.7. The number of carbonyl (C=O) groups is 2. The summed E-state index contributed by atoms with van der Waals surface area (Å²) in [6.45, 7) is 4.17. The molecule has 0 amide bonds. The summed E-state index contributed by atoms with van der Waals surface area (Å²) in [5, 5.41) is 0. The summed E-state index contributed by atoms with van der Waals surface area (Å²) in [6, 6.07) is 0. The van der Waals surface area contributed by atoms with E-state index < -0.39 is 32.5 Å². The first-order valence-electron chi connectivity index (χ1n) is 23.7. The molecule has 0 rings (SSSR count). The Kier molecular flexibility index (Phi) is 39.4. The Morgan fingerprint density at radius 3 is 1.48 bits per heavy atom. The van der Waals surface area contributed by atoms with E-state index in [4.69, 9.17) is 18.5 Å². The van der Waals surface area contributed by atoms with E-state index in [1.54, 1.807) is 0 Å². The van der Waals surface area contributed by atoms with Gasteiger partial charge < -0.3 is 27.9 Å². The van der Waals surface area contributed by atoms with Gasteiger partial charge in [-0.2, -0.15) is 0 Å².